The SMILES string of the molecule is OCCN1CCN(CC2(O)CCNCC2)CC1. The fraction of sp³-hybridized carbons (Fsp3) is 1.00. The standard InChI is InChI=1S/C12H25N3O2/c16-10-9-14-5-7-15(8-6-14)11-12(17)1-3-13-4-2-12/h13,16-17H,1-11H2. The second kappa shape index (κ2) is 6.11. The van der Waals surface area contributed by atoms with Gasteiger partial charge < -0.3 is 15.5 Å². The largest absolute Gasteiger partial charge is 0.395 e. The van der Waals surface area contributed by atoms with E-state index in [9.17, 15) is 5.11 Å². The molecule has 0 unspecified atom stereocenters. The van der Waals surface area contributed by atoms with Crippen LogP contribution in [-0.2, 0) is 0 Å². The molecule has 0 saturated carbocycles. The summed E-state index contributed by atoms with van der Waals surface area (Å²) in [5.41, 5.74) is -0.482. The lowest BCUT2D eigenvalue weighted by Crippen LogP contribution is -2.54. The zero-order valence-electron chi connectivity index (χ0n) is 10.6. The first kappa shape index (κ1) is 13.2. The molecular formula is C12H25N3O2. The molecule has 0 spiro atoms. The fourth-order valence-corrected chi connectivity index (χ4v) is 2.78. The van der Waals surface area contributed by atoms with Gasteiger partial charge in [-0.25, -0.2) is 0 Å². The van der Waals surface area contributed by atoms with Crippen molar-refractivity contribution >= 4 is 0 Å². The molecule has 0 aromatic rings. The highest BCUT2D eigenvalue weighted by molar-refractivity contribution is 4.88. The van der Waals surface area contributed by atoms with E-state index in [0.717, 1.165) is 65.2 Å². The van der Waals surface area contributed by atoms with Gasteiger partial charge in [-0.2, -0.15) is 0 Å². The molecule has 0 aromatic heterocycles. The van der Waals surface area contributed by atoms with Gasteiger partial charge in [-0.3, -0.25) is 9.80 Å². The van der Waals surface area contributed by atoms with E-state index in [2.05, 4.69) is 15.1 Å². The summed E-state index contributed by atoms with van der Waals surface area (Å²) in [4.78, 5) is 4.64. The predicted octanol–water partition coefficient (Wildman–Crippen LogP) is -1.29. The second-order valence-corrected chi connectivity index (χ2v) is 5.32. The summed E-state index contributed by atoms with van der Waals surface area (Å²) < 4.78 is 0. The number of nitrogens with zero attached hydrogens (tertiary/aromatic N) is 2. The molecule has 2 aliphatic heterocycles. The average Bonchev–Trinajstić information content (AvgIpc) is 2.33. The number of hydrogen-bond acceptors (Lipinski definition) is 5. The van der Waals surface area contributed by atoms with Gasteiger partial charge in [0.15, 0.2) is 0 Å². The first-order chi connectivity index (χ1) is 8.22. The van der Waals surface area contributed by atoms with Crippen molar-refractivity contribution in [2.45, 2.75) is 18.4 Å². The van der Waals surface area contributed by atoms with E-state index < -0.39 is 5.60 Å². The number of aliphatic hydroxyl groups excluding tert-OH is 1. The van der Waals surface area contributed by atoms with Crippen LogP contribution in [0.4, 0.5) is 0 Å². The summed E-state index contributed by atoms with van der Waals surface area (Å²) in [6, 6.07) is 0. The highest BCUT2D eigenvalue weighted by Gasteiger charge is 2.32. The molecule has 2 fully saturated rings. The molecule has 0 aliphatic carbocycles. The van der Waals surface area contributed by atoms with Crippen LogP contribution in [0.1, 0.15) is 12.8 Å². The van der Waals surface area contributed by atoms with Crippen molar-refractivity contribution in [2.75, 3.05) is 59.0 Å². The zero-order chi connectivity index (χ0) is 12.1. The minimum Gasteiger partial charge on any atom is -0.395 e. The van der Waals surface area contributed by atoms with Crippen LogP contribution in [0.5, 0.6) is 0 Å². The molecule has 0 radical (unpaired) electrons. The van der Waals surface area contributed by atoms with E-state index in [1.54, 1.807) is 0 Å². The number of β-amino-alcohol motifs (C(OH)–C–C–N with tert-alkyl or cyclic N) is 2. The molecule has 0 aromatic carbocycles. The van der Waals surface area contributed by atoms with Gasteiger partial charge >= 0.3 is 0 Å². The normalized spacial score (nSPS) is 27.2. The average molecular weight is 243 g/mol. The molecule has 100 valence electrons. The van der Waals surface area contributed by atoms with Gasteiger partial charge in [-0.15, -0.1) is 0 Å². The summed E-state index contributed by atoms with van der Waals surface area (Å²) in [7, 11) is 0. The van der Waals surface area contributed by atoms with E-state index in [0.29, 0.717) is 0 Å². The Hall–Kier alpha value is -0.200. The van der Waals surface area contributed by atoms with Crippen molar-refractivity contribution in [3.8, 4) is 0 Å². The lowest BCUT2D eigenvalue weighted by Gasteiger charge is -2.41. The van der Waals surface area contributed by atoms with Gasteiger partial charge in [0.1, 0.15) is 0 Å². The summed E-state index contributed by atoms with van der Waals surface area (Å²) in [6.07, 6.45) is 1.73. The number of piperazine rings is 1. The summed E-state index contributed by atoms with van der Waals surface area (Å²) >= 11 is 0. The summed E-state index contributed by atoms with van der Waals surface area (Å²) in [6.45, 7) is 7.73. The van der Waals surface area contributed by atoms with Crippen molar-refractivity contribution in [1.29, 1.82) is 0 Å². The van der Waals surface area contributed by atoms with Crippen molar-refractivity contribution in [1.82, 2.24) is 15.1 Å². The smallest absolute Gasteiger partial charge is 0.0798 e. The molecule has 0 bridgehead atoms. The minimum atomic E-state index is -0.482. The van der Waals surface area contributed by atoms with Gasteiger partial charge in [-0.1, -0.05) is 0 Å². The third-order valence-electron chi connectivity index (χ3n) is 3.93. The van der Waals surface area contributed by atoms with Crippen molar-refractivity contribution in [3.63, 3.8) is 0 Å². The van der Waals surface area contributed by atoms with E-state index >= 15 is 0 Å². The molecule has 2 heterocycles. The van der Waals surface area contributed by atoms with E-state index in [1.165, 1.54) is 0 Å². The zero-order valence-corrected chi connectivity index (χ0v) is 10.6. The lowest BCUT2D eigenvalue weighted by molar-refractivity contribution is -0.0314. The van der Waals surface area contributed by atoms with Crippen molar-refractivity contribution in [3.05, 3.63) is 0 Å². The van der Waals surface area contributed by atoms with Crippen LogP contribution in [0.2, 0.25) is 0 Å². The molecule has 17 heavy (non-hydrogen) atoms. The number of aliphatic hydroxyl groups is 2. The van der Waals surface area contributed by atoms with Crippen molar-refractivity contribution < 1.29 is 10.2 Å². The highest BCUT2D eigenvalue weighted by atomic mass is 16.3. The van der Waals surface area contributed by atoms with Gasteiger partial charge in [0.05, 0.1) is 12.2 Å². The Morgan fingerprint density at radius 1 is 1.00 bits per heavy atom. The topological polar surface area (TPSA) is 59.0 Å². The monoisotopic (exact) mass is 243 g/mol. The summed E-state index contributed by atoms with van der Waals surface area (Å²) in [5.74, 6) is 0. The highest BCUT2D eigenvalue weighted by Crippen LogP contribution is 2.20. The first-order valence-corrected chi connectivity index (χ1v) is 6.70. The number of nitrogens with one attached hydrogen (secondary N) is 1. The quantitative estimate of drug-likeness (QED) is 0.574. The Morgan fingerprint density at radius 2 is 1.59 bits per heavy atom. The van der Waals surface area contributed by atoms with E-state index in [4.69, 9.17) is 5.11 Å². The van der Waals surface area contributed by atoms with Crippen LogP contribution in [0.25, 0.3) is 0 Å². The van der Waals surface area contributed by atoms with Crippen LogP contribution >= 0.6 is 0 Å². The number of hydrogen-bond donors (Lipinski definition) is 3. The number of rotatable bonds is 4. The van der Waals surface area contributed by atoms with Crippen molar-refractivity contribution in [2.24, 2.45) is 0 Å². The van der Waals surface area contributed by atoms with E-state index in [-0.39, 0.29) is 6.61 Å². The molecule has 3 N–H and O–H groups in total. The van der Waals surface area contributed by atoms with Crippen LogP contribution in [-0.4, -0.2) is 84.6 Å². The van der Waals surface area contributed by atoms with Crippen LogP contribution in [0.3, 0.4) is 0 Å². The Morgan fingerprint density at radius 3 is 2.18 bits per heavy atom. The molecule has 5 heteroatoms. The lowest BCUT2D eigenvalue weighted by atomic mass is 9.91. The predicted molar refractivity (Wildman–Crippen MR) is 67.0 cm³/mol. The Labute approximate surface area is 103 Å². The van der Waals surface area contributed by atoms with Crippen LogP contribution in [0, 0.1) is 0 Å². The molecule has 0 amide bonds. The second-order valence-electron chi connectivity index (χ2n) is 5.32. The Kier molecular flexibility index (Phi) is 4.76. The Balaban J connectivity index is 1.73. The van der Waals surface area contributed by atoms with Gasteiger partial charge in [-0.05, 0) is 25.9 Å². The third-order valence-corrected chi connectivity index (χ3v) is 3.93. The Bertz CT molecular complexity index is 224. The maximum atomic E-state index is 10.5. The molecule has 2 rings (SSSR count). The third kappa shape index (κ3) is 3.89. The van der Waals surface area contributed by atoms with Crippen LogP contribution < -0.4 is 5.32 Å². The molecule has 2 aliphatic rings. The van der Waals surface area contributed by atoms with Crippen LogP contribution in [0.15, 0.2) is 0 Å². The molecule has 5 nitrogen and oxygen atoms in total. The maximum Gasteiger partial charge on any atom is 0.0798 e. The van der Waals surface area contributed by atoms with Gasteiger partial charge in [0.25, 0.3) is 0 Å². The summed E-state index contributed by atoms with van der Waals surface area (Å²) in [5, 5.41) is 22.6. The first-order valence-electron chi connectivity index (χ1n) is 6.70. The van der Waals surface area contributed by atoms with E-state index in [1.807, 2.05) is 0 Å². The minimum absolute atomic E-state index is 0.246. The fourth-order valence-electron chi connectivity index (χ4n) is 2.78. The van der Waals surface area contributed by atoms with Gasteiger partial charge in [0.2, 0.25) is 0 Å². The molecular weight excluding hydrogens is 218 g/mol. The van der Waals surface area contributed by atoms with Gasteiger partial charge in [0, 0.05) is 39.3 Å². The number of piperidine rings is 1. The maximum absolute atomic E-state index is 10.5. The molecule has 2 saturated heterocycles. The molecule has 0 atom stereocenters.